The van der Waals surface area contributed by atoms with Crippen LogP contribution < -0.4 is 5.32 Å². The molecule has 0 bridgehead atoms. The van der Waals surface area contributed by atoms with Crippen LogP contribution in [0, 0.1) is 0 Å². The predicted octanol–water partition coefficient (Wildman–Crippen LogP) is 6.45. The number of carbonyl (C=O) groups is 1. The lowest BCUT2D eigenvalue weighted by atomic mass is 10.1. The van der Waals surface area contributed by atoms with E-state index in [1.54, 1.807) is 6.20 Å². The van der Waals surface area contributed by atoms with Crippen molar-refractivity contribution in [2.75, 3.05) is 5.32 Å². The number of carbonyl (C=O) groups excluding carboxylic acids is 1. The number of thiazole rings is 1. The van der Waals surface area contributed by atoms with Crippen LogP contribution in [0.3, 0.4) is 0 Å². The van der Waals surface area contributed by atoms with Gasteiger partial charge in [0.05, 0.1) is 10.6 Å². The SMILES string of the molecule is CC(C)c1cnc(NC(=O)c2ccc(-c3cc(C(F)(F)F)ccc3Cl)o2)s1. The molecular formula is C18H14ClF3N2O2S. The highest BCUT2D eigenvalue weighted by Gasteiger charge is 2.31. The lowest BCUT2D eigenvalue weighted by molar-refractivity contribution is -0.137. The van der Waals surface area contributed by atoms with Crippen molar-refractivity contribution in [1.29, 1.82) is 0 Å². The molecule has 1 amide bonds. The van der Waals surface area contributed by atoms with Gasteiger partial charge >= 0.3 is 6.18 Å². The van der Waals surface area contributed by atoms with E-state index in [1.165, 1.54) is 23.5 Å². The molecule has 3 rings (SSSR count). The van der Waals surface area contributed by atoms with Gasteiger partial charge in [0.2, 0.25) is 0 Å². The van der Waals surface area contributed by atoms with Gasteiger partial charge in [0.15, 0.2) is 10.9 Å². The number of aromatic nitrogens is 1. The summed E-state index contributed by atoms with van der Waals surface area (Å²) in [6.45, 7) is 4.02. The number of amides is 1. The number of hydrogen-bond acceptors (Lipinski definition) is 4. The van der Waals surface area contributed by atoms with Gasteiger partial charge in [-0.2, -0.15) is 13.2 Å². The minimum absolute atomic E-state index is 0.0558. The molecule has 142 valence electrons. The molecule has 0 saturated heterocycles. The van der Waals surface area contributed by atoms with Crippen LogP contribution >= 0.6 is 22.9 Å². The van der Waals surface area contributed by atoms with Crippen LogP contribution in [0.2, 0.25) is 5.02 Å². The monoisotopic (exact) mass is 414 g/mol. The second-order valence-electron chi connectivity index (χ2n) is 6.03. The number of hydrogen-bond donors (Lipinski definition) is 1. The molecule has 0 radical (unpaired) electrons. The van der Waals surface area contributed by atoms with E-state index in [-0.39, 0.29) is 28.0 Å². The Morgan fingerprint density at radius 3 is 2.63 bits per heavy atom. The Kier molecular flexibility index (Phi) is 5.30. The van der Waals surface area contributed by atoms with Crippen molar-refractivity contribution in [3.05, 3.63) is 57.8 Å². The second-order valence-corrected chi connectivity index (χ2v) is 7.50. The quantitative estimate of drug-likeness (QED) is 0.533. The van der Waals surface area contributed by atoms with Crippen LogP contribution in [0.25, 0.3) is 11.3 Å². The maximum absolute atomic E-state index is 12.9. The molecule has 0 aliphatic rings. The first-order valence-electron chi connectivity index (χ1n) is 7.89. The molecule has 0 unspecified atom stereocenters. The van der Waals surface area contributed by atoms with Crippen molar-refractivity contribution in [3.8, 4) is 11.3 Å². The zero-order chi connectivity index (χ0) is 19.8. The van der Waals surface area contributed by atoms with Gasteiger partial charge in [-0.15, -0.1) is 11.3 Å². The van der Waals surface area contributed by atoms with Gasteiger partial charge in [0.1, 0.15) is 5.76 Å². The standard InChI is InChI=1S/C18H14ClF3N2O2S/c1-9(2)15-8-23-17(27-15)24-16(25)14-6-5-13(26-14)11-7-10(18(20,21)22)3-4-12(11)19/h3-9H,1-2H3,(H,23,24,25). The van der Waals surface area contributed by atoms with Gasteiger partial charge in [-0.1, -0.05) is 25.4 Å². The van der Waals surface area contributed by atoms with E-state index in [0.717, 1.165) is 23.1 Å². The highest BCUT2D eigenvalue weighted by atomic mass is 35.5. The Balaban J connectivity index is 1.83. The van der Waals surface area contributed by atoms with Crippen LogP contribution in [0.1, 0.15) is 40.8 Å². The summed E-state index contributed by atoms with van der Waals surface area (Å²) in [5.74, 6) is -0.251. The molecule has 0 spiro atoms. The molecule has 2 heterocycles. The number of alkyl halides is 3. The van der Waals surface area contributed by atoms with E-state index in [1.807, 2.05) is 13.8 Å². The van der Waals surface area contributed by atoms with Crippen LogP contribution in [-0.4, -0.2) is 10.9 Å². The highest BCUT2D eigenvalue weighted by Crippen LogP contribution is 2.36. The summed E-state index contributed by atoms with van der Waals surface area (Å²) in [5, 5.41) is 3.11. The number of anilines is 1. The molecule has 9 heteroatoms. The third-order valence-corrected chi connectivity index (χ3v) is 5.24. The Hall–Kier alpha value is -2.32. The second kappa shape index (κ2) is 7.36. The van der Waals surface area contributed by atoms with E-state index in [0.29, 0.717) is 5.13 Å². The van der Waals surface area contributed by atoms with Gasteiger partial charge in [-0.3, -0.25) is 10.1 Å². The van der Waals surface area contributed by atoms with E-state index >= 15 is 0 Å². The predicted molar refractivity (Wildman–Crippen MR) is 98.3 cm³/mol. The fourth-order valence-electron chi connectivity index (χ4n) is 2.27. The number of halogens is 4. The Labute approximate surface area is 162 Å². The zero-order valence-corrected chi connectivity index (χ0v) is 15.8. The average Bonchev–Trinajstić information content (AvgIpc) is 3.23. The van der Waals surface area contributed by atoms with E-state index < -0.39 is 17.6 Å². The van der Waals surface area contributed by atoms with Gasteiger partial charge < -0.3 is 4.42 Å². The molecular weight excluding hydrogens is 401 g/mol. The van der Waals surface area contributed by atoms with Crippen LogP contribution in [0.4, 0.5) is 18.3 Å². The molecule has 0 fully saturated rings. The Morgan fingerprint density at radius 1 is 1.26 bits per heavy atom. The maximum atomic E-state index is 12.9. The van der Waals surface area contributed by atoms with E-state index in [9.17, 15) is 18.0 Å². The molecule has 3 aromatic rings. The maximum Gasteiger partial charge on any atom is 0.416 e. The molecule has 0 aliphatic heterocycles. The van der Waals surface area contributed by atoms with Gasteiger partial charge in [0, 0.05) is 16.6 Å². The van der Waals surface area contributed by atoms with Crippen molar-refractivity contribution >= 4 is 34.0 Å². The molecule has 2 aromatic heterocycles. The first-order valence-corrected chi connectivity index (χ1v) is 9.08. The van der Waals surface area contributed by atoms with Gasteiger partial charge in [-0.05, 0) is 36.2 Å². The molecule has 1 N–H and O–H groups in total. The van der Waals surface area contributed by atoms with Crippen LogP contribution in [0.15, 0.2) is 40.9 Å². The van der Waals surface area contributed by atoms with Crippen LogP contribution in [0.5, 0.6) is 0 Å². The topological polar surface area (TPSA) is 55.1 Å². The van der Waals surface area contributed by atoms with Crippen molar-refractivity contribution < 1.29 is 22.4 Å². The molecule has 1 aromatic carbocycles. The summed E-state index contributed by atoms with van der Waals surface area (Å²) >= 11 is 7.34. The number of benzene rings is 1. The first-order chi connectivity index (χ1) is 12.6. The third-order valence-electron chi connectivity index (χ3n) is 3.70. The number of furan rings is 1. The fourth-order valence-corrected chi connectivity index (χ4v) is 3.29. The highest BCUT2D eigenvalue weighted by molar-refractivity contribution is 7.15. The normalized spacial score (nSPS) is 11.8. The minimum Gasteiger partial charge on any atom is -0.451 e. The third kappa shape index (κ3) is 4.33. The zero-order valence-electron chi connectivity index (χ0n) is 14.2. The number of nitrogens with zero attached hydrogens (tertiary/aromatic N) is 1. The largest absolute Gasteiger partial charge is 0.451 e. The molecule has 0 aliphatic carbocycles. The summed E-state index contributed by atoms with van der Waals surface area (Å²) in [4.78, 5) is 17.4. The first kappa shape index (κ1) is 19.4. The summed E-state index contributed by atoms with van der Waals surface area (Å²) in [5.41, 5.74) is -0.796. The smallest absolute Gasteiger partial charge is 0.416 e. The lowest BCUT2D eigenvalue weighted by Crippen LogP contribution is -2.10. The summed E-state index contributed by atoms with van der Waals surface area (Å²) < 4.78 is 44.1. The molecule has 27 heavy (non-hydrogen) atoms. The van der Waals surface area contributed by atoms with E-state index in [4.69, 9.17) is 16.0 Å². The van der Waals surface area contributed by atoms with Crippen LogP contribution in [-0.2, 0) is 6.18 Å². The Bertz CT molecular complexity index is 979. The lowest BCUT2D eigenvalue weighted by Gasteiger charge is -2.09. The number of rotatable bonds is 4. The van der Waals surface area contributed by atoms with Gasteiger partial charge in [0.25, 0.3) is 5.91 Å². The van der Waals surface area contributed by atoms with E-state index in [2.05, 4.69) is 10.3 Å². The molecule has 0 atom stereocenters. The summed E-state index contributed by atoms with van der Waals surface area (Å²) in [6.07, 6.45) is -2.83. The summed E-state index contributed by atoms with van der Waals surface area (Å²) in [7, 11) is 0. The Morgan fingerprint density at radius 2 is 2.00 bits per heavy atom. The van der Waals surface area contributed by atoms with Crippen molar-refractivity contribution in [1.82, 2.24) is 4.98 Å². The van der Waals surface area contributed by atoms with Crippen molar-refractivity contribution in [2.24, 2.45) is 0 Å². The number of nitrogens with one attached hydrogen (secondary N) is 1. The average molecular weight is 415 g/mol. The van der Waals surface area contributed by atoms with Gasteiger partial charge in [-0.25, -0.2) is 4.98 Å². The molecule has 0 saturated carbocycles. The minimum atomic E-state index is -4.51. The van der Waals surface area contributed by atoms with Crippen molar-refractivity contribution in [2.45, 2.75) is 25.9 Å². The molecule has 4 nitrogen and oxygen atoms in total. The summed E-state index contributed by atoms with van der Waals surface area (Å²) in [6, 6.07) is 5.69. The fraction of sp³-hybridized carbons (Fsp3) is 0.222. The van der Waals surface area contributed by atoms with Crippen molar-refractivity contribution in [3.63, 3.8) is 0 Å².